The summed E-state index contributed by atoms with van der Waals surface area (Å²) >= 11 is 0. The Hall–Kier alpha value is -1.32. The number of nitrogens with zero attached hydrogens (tertiary/aromatic N) is 1. The number of carboxylic acids is 1. The van der Waals surface area contributed by atoms with Gasteiger partial charge in [-0.15, -0.1) is 0 Å². The lowest BCUT2D eigenvalue weighted by atomic mass is 9.87. The van der Waals surface area contributed by atoms with Crippen molar-refractivity contribution >= 4 is 5.97 Å². The average Bonchev–Trinajstić information content (AvgIpc) is 2.80. The van der Waals surface area contributed by atoms with Gasteiger partial charge < -0.3 is 10.1 Å². The van der Waals surface area contributed by atoms with E-state index in [0.717, 1.165) is 42.4 Å². The summed E-state index contributed by atoms with van der Waals surface area (Å²) in [5.41, 5.74) is 2.19. The van der Waals surface area contributed by atoms with Gasteiger partial charge in [-0.05, 0) is 18.8 Å². The molecule has 0 aliphatic heterocycles. The fourth-order valence-electron chi connectivity index (χ4n) is 3.51. The van der Waals surface area contributed by atoms with Gasteiger partial charge in [-0.1, -0.05) is 32.1 Å². The molecule has 1 aromatic rings. The molecule has 4 heteroatoms. The summed E-state index contributed by atoms with van der Waals surface area (Å²) in [7, 11) is 0. The first-order chi connectivity index (χ1) is 9.22. The monoisotopic (exact) mass is 262 g/mol. The summed E-state index contributed by atoms with van der Waals surface area (Å²) in [5.74, 6) is 0.962. The molecule has 2 aliphatic carbocycles. The Morgan fingerprint density at radius 1 is 1.26 bits per heavy atom. The minimum atomic E-state index is -0.672. The topological polar surface area (TPSA) is 66.0 Å². The third kappa shape index (κ3) is 2.82. The number of aromatic nitrogens is 2. The number of fused-ring (bicyclic) bond motifs is 1. The van der Waals surface area contributed by atoms with Crippen molar-refractivity contribution < 1.29 is 9.90 Å². The molecule has 1 unspecified atom stereocenters. The van der Waals surface area contributed by atoms with E-state index in [-0.39, 0.29) is 5.92 Å². The molecule has 1 aromatic heterocycles. The zero-order valence-corrected chi connectivity index (χ0v) is 11.3. The Morgan fingerprint density at radius 3 is 2.79 bits per heavy atom. The lowest BCUT2D eigenvalue weighted by molar-refractivity contribution is -0.142. The number of aryl methyl sites for hydroxylation is 1. The van der Waals surface area contributed by atoms with Crippen LogP contribution in [0.25, 0.3) is 0 Å². The highest BCUT2D eigenvalue weighted by Crippen LogP contribution is 2.28. The Bertz CT molecular complexity index is 461. The van der Waals surface area contributed by atoms with E-state index >= 15 is 0 Å². The van der Waals surface area contributed by atoms with Crippen molar-refractivity contribution in [3.63, 3.8) is 0 Å². The van der Waals surface area contributed by atoms with E-state index in [1.165, 1.54) is 32.1 Å². The van der Waals surface area contributed by atoms with Gasteiger partial charge in [0.15, 0.2) is 0 Å². The van der Waals surface area contributed by atoms with Gasteiger partial charge in [-0.25, -0.2) is 4.98 Å². The van der Waals surface area contributed by atoms with Crippen LogP contribution in [0, 0.1) is 11.8 Å². The van der Waals surface area contributed by atoms with Crippen molar-refractivity contribution in [1.29, 1.82) is 0 Å². The van der Waals surface area contributed by atoms with E-state index in [4.69, 9.17) is 10.1 Å². The Kier molecular flexibility index (Phi) is 3.58. The number of hydrogen-bond acceptors (Lipinski definition) is 2. The highest BCUT2D eigenvalue weighted by Gasteiger charge is 2.27. The van der Waals surface area contributed by atoms with Gasteiger partial charge in [0.25, 0.3) is 0 Å². The van der Waals surface area contributed by atoms with Crippen LogP contribution in [0.5, 0.6) is 0 Å². The van der Waals surface area contributed by atoms with Gasteiger partial charge in [0.2, 0.25) is 0 Å². The van der Waals surface area contributed by atoms with E-state index in [1.54, 1.807) is 0 Å². The Balaban J connectivity index is 1.67. The molecule has 0 bridgehead atoms. The zero-order valence-electron chi connectivity index (χ0n) is 11.3. The molecule has 0 radical (unpaired) electrons. The second kappa shape index (κ2) is 5.35. The molecule has 0 saturated heterocycles. The number of rotatable bonds is 3. The van der Waals surface area contributed by atoms with E-state index in [1.807, 2.05) is 0 Å². The maximum Gasteiger partial charge on any atom is 0.306 e. The van der Waals surface area contributed by atoms with Crippen LogP contribution in [0.3, 0.4) is 0 Å². The van der Waals surface area contributed by atoms with Gasteiger partial charge in [-0.2, -0.15) is 0 Å². The number of hydrogen-bond donors (Lipinski definition) is 2. The van der Waals surface area contributed by atoms with Crippen LogP contribution < -0.4 is 0 Å². The van der Waals surface area contributed by atoms with Crippen molar-refractivity contribution in [3.8, 4) is 0 Å². The van der Waals surface area contributed by atoms with Crippen LogP contribution >= 0.6 is 0 Å². The predicted octanol–water partition coefficient (Wildman–Crippen LogP) is 2.72. The summed E-state index contributed by atoms with van der Waals surface area (Å²) < 4.78 is 0. The second-order valence-corrected chi connectivity index (χ2v) is 6.09. The molecule has 1 saturated carbocycles. The number of aliphatic carboxylic acids is 1. The molecule has 4 nitrogen and oxygen atoms in total. The minimum Gasteiger partial charge on any atom is -0.481 e. The van der Waals surface area contributed by atoms with Crippen molar-refractivity contribution in [2.24, 2.45) is 11.8 Å². The highest BCUT2D eigenvalue weighted by molar-refractivity contribution is 5.70. The number of aromatic amines is 1. The molecule has 1 heterocycles. The molecular weight excluding hydrogens is 240 g/mol. The molecule has 0 spiro atoms. The fraction of sp³-hybridized carbons (Fsp3) is 0.733. The zero-order chi connectivity index (χ0) is 13.2. The number of nitrogens with one attached hydrogen (secondary N) is 1. The predicted molar refractivity (Wildman–Crippen MR) is 72.0 cm³/mol. The number of carboxylic acid groups (broad SMARTS) is 1. The molecule has 1 atom stereocenters. The average molecular weight is 262 g/mol. The largest absolute Gasteiger partial charge is 0.481 e. The van der Waals surface area contributed by atoms with E-state index in [9.17, 15) is 4.79 Å². The van der Waals surface area contributed by atoms with Gasteiger partial charge in [0.05, 0.1) is 11.6 Å². The summed E-state index contributed by atoms with van der Waals surface area (Å²) in [6.45, 7) is 0. The van der Waals surface area contributed by atoms with Crippen molar-refractivity contribution in [3.05, 3.63) is 17.2 Å². The van der Waals surface area contributed by atoms with Gasteiger partial charge in [0, 0.05) is 18.5 Å². The van der Waals surface area contributed by atoms with Crippen molar-refractivity contribution in [1.82, 2.24) is 9.97 Å². The number of H-pyrrole nitrogens is 1. The summed E-state index contributed by atoms with van der Waals surface area (Å²) in [4.78, 5) is 19.1. The smallest absolute Gasteiger partial charge is 0.306 e. The lowest BCUT2D eigenvalue weighted by Gasteiger charge is -2.20. The summed E-state index contributed by atoms with van der Waals surface area (Å²) in [6.07, 6.45) is 9.95. The van der Waals surface area contributed by atoms with E-state index in [0.29, 0.717) is 6.42 Å². The maximum absolute atomic E-state index is 11.1. The summed E-state index contributed by atoms with van der Waals surface area (Å²) in [5, 5.41) is 9.10. The number of imidazole rings is 1. The van der Waals surface area contributed by atoms with Gasteiger partial charge >= 0.3 is 5.97 Å². The van der Waals surface area contributed by atoms with Crippen LogP contribution in [0.15, 0.2) is 0 Å². The number of carbonyl (C=O) groups is 1. The van der Waals surface area contributed by atoms with Crippen molar-refractivity contribution in [2.45, 2.75) is 57.8 Å². The molecule has 3 rings (SSSR count). The van der Waals surface area contributed by atoms with Gasteiger partial charge in [0.1, 0.15) is 5.82 Å². The molecule has 104 valence electrons. The molecule has 0 amide bonds. The first kappa shape index (κ1) is 12.7. The minimum absolute atomic E-state index is 0.226. The maximum atomic E-state index is 11.1. The quantitative estimate of drug-likeness (QED) is 0.880. The molecular formula is C15H22N2O2. The SMILES string of the molecule is O=C(O)C1CCc2nc(CC3CCCCC3)[nH]c2C1. The van der Waals surface area contributed by atoms with Crippen LogP contribution in [-0.4, -0.2) is 21.0 Å². The van der Waals surface area contributed by atoms with Gasteiger partial charge in [-0.3, -0.25) is 4.79 Å². The molecule has 1 fully saturated rings. The first-order valence-corrected chi connectivity index (χ1v) is 7.52. The van der Waals surface area contributed by atoms with E-state index in [2.05, 4.69) is 4.98 Å². The van der Waals surface area contributed by atoms with Crippen LogP contribution in [-0.2, 0) is 24.1 Å². The fourth-order valence-corrected chi connectivity index (χ4v) is 3.51. The Labute approximate surface area is 113 Å². The molecule has 0 aromatic carbocycles. The van der Waals surface area contributed by atoms with Crippen LogP contribution in [0.2, 0.25) is 0 Å². The third-order valence-corrected chi connectivity index (χ3v) is 4.65. The molecule has 2 N–H and O–H groups in total. The van der Waals surface area contributed by atoms with Crippen LogP contribution in [0.4, 0.5) is 0 Å². The lowest BCUT2D eigenvalue weighted by Crippen LogP contribution is -2.22. The standard InChI is InChI=1S/C15H22N2O2/c18-15(19)11-6-7-12-13(9-11)17-14(16-12)8-10-4-2-1-3-5-10/h10-11H,1-9H2,(H,16,17)(H,18,19). The third-order valence-electron chi connectivity index (χ3n) is 4.65. The van der Waals surface area contributed by atoms with Crippen LogP contribution in [0.1, 0.15) is 55.7 Å². The normalized spacial score (nSPS) is 24.1. The van der Waals surface area contributed by atoms with Crippen molar-refractivity contribution in [2.75, 3.05) is 0 Å². The highest BCUT2D eigenvalue weighted by atomic mass is 16.4. The second-order valence-electron chi connectivity index (χ2n) is 6.09. The van der Waals surface area contributed by atoms with E-state index < -0.39 is 5.97 Å². The Morgan fingerprint density at radius 2 is 2.05 bits per heavy atom. The summed E-state index contributed by atoms with van der Waals surface area (Å²) in [6, 6.07) is 0. The molecule has 2 aliphatic rings. The first-order valence-electron chi connectivity index (χ1n) is 7.52. The molecule has 19 heavy (non-hydrogen) atoms.